The van der Waals surface area contributed by atoms with Crippen LogP contribution in [0, 0.1) is 0 Å². The number of Topliss-reactive ketones (excluding diaryl/α,β-unsaturated/α-hetero) is 1. The highest BCUT2D eigenvalue weighted by atomic mass is 79.9. The zero-order valence-electron chi connectivity index (χ0n) is 14.6. The number of esters is 1. The van der Waals surface area contributed by atoms with Crippen molar-refractivity contribution in [3.63, 3.8) is 0 Å². The third kappa shape index (κ3) is 3.50. The number of thiophene rings is 1. The van der Waals surface area contributed by atoms with Crippen molar-refractivity contribution in [2.24, 2.45) is 0 Å². The number of carbonyl (C=O) groups is 2. The number of halogens is 1. The van der Waals surface area contributed by atoms with Gasteiger partial charge in [0.2, 0.25) is 5.78 Å². The van der Waals surface area contributed by atoms with Crippen molar-refractivity contribution in [1.82, 2.24) is 4.57 Å². The normalized spacial score (nSPS) is 11.0. The van der Waals surface area contributed by atoms with E-state index in [1.54, 1.807) is 53.1 Å². The Kier molecular flexibility index (Phi) is 5.11. The summed E-state index contributed by atoms with van der Waals surface area (Å²) >= 11 is 4.60. The van der Waals surface area contributed by atoms with Crippen molar-refractivity contribution < 1.29 is 14.3 Å². The van der Waals surface area contributed by atoms with Gasteiger partial charge in [-0.2, -0.15) is 0 Å². The maximum Gasteiger partial charge on any atom is 0.326 e. The second-order valence-electron chi connectivity index (χ2n) is 6.14. The van der Waals surface area contributed by atoms with E-state index < -0.39 is 5.97 Å². The lowest BCUT2D eigenvalue weighted by molar-refractivity contribution is -0.143. The Morgan fingerprint density at radius 1 is 0.929 bits per heavy atom. The van der Waals surface area contributed by atoms with Gasteiger partial charge in [0.25, 0.3) is 0 Å². The predicted octanol–water partition coefficient (Wildman–Crippen LogP) is 4.40. The molecule has 4 aromatic rings. The molecule has 0 fully saturated rings. The number of aromatic nitrogens is 1. The van der Waals surface area contributed by atoms with Gasteiger partial charge in [-0.15, -0.1) is 11.3 Å². The first-order chi connectivity index (χ1) is 13.5. The number of ether oxygens (including phenoxy) is 1. The smallest absolute Gasteiger partial charge is 0.326 e. The molecule has 28 heavy (non-hydrogen) atoms. The molecule has 0 bridgehead atoms. The van der Waals surface area contributed by atoms with Crippen LogP contribution in [0.5, 0.6) is 0 Å². The SMILES string of the molecule is O=C(Cn1c2ccccc2c(=O)c2ccccc21)OCC(=O)c1ccc(Br)s1. The van der Waals surface area contributed by atoms with Crippen LogP contribution in [-0.4, -0.2) is 22.9 Å². The van der Waals surface area contributed by atoms with Crippen LogP contribution < -0.4 is 5.43 Å². The number of fused-ring (bicyclic) bond motifs is 2. The van der Waals surface area contributed by atoms with Gasteiger partial charge in [0, 0.05) is 10.8 Å². The highest BCUT2D eigenvalue weighted by molar-refractivity contribution is 9.11. The van der Waals surface area contributed by atoms with E-state index in [2.05, 4.69) is 15.9 Å². The molecule has 0 spiro atoms. The van der Waals surface area contributed by atoms with Crippen LogP contribution in [-0.2, 0) is 16.1 Å². The molecule has 0 atom stereocenters. The Morgan fingerprint density at radius 2 is 1.54 bits per heavy atom. The van der Waals surface area contributed by atoms with Gasteiger partial charge >= 0.3 is 5.97 Å². The molecule has 5 nitrogen and oxygen atoms in total. The van der Waals surface area contributed by atoms with Gasteiger partial charge in [0.1, 0.15) is 6.54 Å². The number of hydrogen-bond donors (Lipinski definition) is 0. The Balaban J connectivity index is 1.63. The van der Waals surface area contributed by atoms with E-state index in [1.807, 2.05) is 12.1 Å². The lowest BCUT2D eigenvalue weighted by Gasteiger charge is -2.14. The predicted molar refractivity (Wildman–Crippen MR) is 113 cm³/mol. The molecule has 0 unspecified atom stereocenters. The van der Waals surface area contributed by atoms with Crippen LogP contribution in [0.1, 0.15) is 9.67 Å². The largest absolute Gasteiger partial charge is 0.456 e. The Hall–Kier alpha value is -2.77. The summed E-state index contributed by atoms with van der Waals surface area (Å²) in [5, 5.41) is 1.07. The summed E-state index contributed by atoms with van der Waals surface area (Å²) < 4.78 is 7.80. The van der Waals surface area contributed by atoms with E-state index >= 15 is 0 Å². The van der Waals surface area contributed by atoms with Crippen LogP contribution in [0.15, 0.2) is 69.2 Å². The topological polar surface area (TPSA) is 65.4 Å². The minimum absolute atomic E-state index is 0.0748. The van der Waals surface area contributed by atoms with E-state index in [0.29, 0.717) is 26.7 Å². The van der Waals surface area contributed by atoms with Crippen molar-refractivity contribution in [1.29, 1.82) is 0 Å². The zero-order valence-corrected chi connectivity index (χ0v) is 17.0. The maximum atomic E-state index is 12.7. The first-order valence-electron chi connectivity index (χ1n) is 8.49. The molecule has 0 aliphatic carbocycles. The first kappa shape index (κ1) is 18.6. The van der Waals surface area contributed by atoms with Crippen LogP contribution in [0.4, 0.5) is 0 Å². The molecular formula is C21H14BrNO4S. The summed E-state index contributed by atoms with van der Waals surface area (Å²) in [7, 11) is 0. The fourth-order valence-corrected chi connectivity index (χ4v) is 4.41. The minimum atomic E-state index is -0.539. The van der Waals surface area contributed by atoms with Gasteiger partial charge in [-0.25, -0.2) is 0 Å². The van der Waals surface area contributed by atoms with E-state index in [9.17, 15) is 14.4 Å². The third-order valence-electron chi connectivity index (χ3n) is 4.38. The molecule has 0 N–H and O–H groups in total. The van der Waals surface area contributed by atoms with Crippen molar-refractivity contribution in [3.05, 3.63) is 79.6 Å². The molecule has 7 heteroatoms. The fourth-order valence-electron chi connectivity index (χ4n) is 3.10. The monoisotopic (exact) mass is 455 g/mol. The molecule has 0 saturated heterocycles. The number of rotatable bonds is 5. The zero-order chi connectivity index (χ0) is 19.7. The lowest BCUT2D eigenvalue weighted by Crippen LogP contribution is -2.20. The third-order valence-corrected chi connectivity index (χ3v) is 6.04. The molecule has 0 aliphatic heterocycles. The van der Waals surface area contributed by atoms with Gasteiger partial charge < -0.3 is 9.30 Å². The van der Waals surface area contributed by atoms with Crippen molar-refractivity contribution in [2.45, 2.75) is 6.54 Å². The summed E-state index contributed by atoms with van der Waals surface area (Å²) in [5.74, 6) is -0.790. The highest BCUT2D eigenvalue weighted by Gasteiger charge is 2.15. The summed E-state index contributed by atoms with van der Waals surface area (Å²) in [5.41, 5.74) is 1.22. The first-order valence-corrected chi connectivity index (χ1v) is 10.1. The van der Waals surface area contributed by atoms with Crippen molar-refractivity contribution in [3.8, 4) is 0 Å². The van der Waals surface area contributed by atoms with E-state index in [4.69, 9.17) is 4.74 Å². The van der Waals surface area contributed by atoms with Gasteiger partial charge in [-0.1, -0.05) is 24.3 Å². The number of nitrogens with zero attached hydrogens (tertiary/aromatic N) is 1. The second-order valence-corrected chi connectivity index (χ2v) is 8.60. The van der Waals surface area contributed by atoms with Crippen LogP contribution in [0.3, 0.4) is 0 Å². The van der Waals surface area contributed by atoms with E-state index in [0.717, 1.165) is 3.79 Å². The molecule has 0 radical (unpaired) electrons. The van der Waals surface area contributed by atoms with E-state index in [1.165, 1.54) is 11.3 Å². The molecule has 140 valence electrons. The standard InChI is InChI=1S/C21H14BrNO4S/c22-19-10-9-18(28-19)17(24)12-27-20(25)11-23-15-7-3-1-5-13(15)21(26)14-6-2-4-8-16(14)23/h1-10H,11-12H2. The summed E-state index contributed by atoms with van der Waals surface area (Å²) in [6.45, 7) is -0.412. The molecule has 0 aliphatic rings. The van der Waals surface area contributed by atoms with E-state index in [-0.39, 0.29) is 24.4 Å². The fraction of sp³-hybridized carbons (Fsp3) is 0.0952. The molecule has 2 aromatic carbocycles. The van der Waals surface area contributed by atoms with Gasteiger partial charge in [-0.05, 0) is 52.3 Å². The lowest BCUT2D eigenvalue weighted by atomic mass is 10.1. The Bertz CT molecular complexity index is 1210. The Labute approximate surface area is 172 Å². The van der Waals surface area contributed by atoms with Crippen molar-refractivity contribution >= 4 is 60.8 Å². The minimum Gasteiger partial charge on any atom is -0.456 e. The van der Waals surface area contributed by atoms with Crippen LogP contribution >= 0.6 is 27.3 Å². The maximum absolute atomic E-state index is 12.7. The number of carbonyl (C=O) groups excluding carboxylic acids is 2. The summed E-state index contributed by atoms with van der Waals surface area (Å²) in [6, 6.07) is 17.8. The number of hydrogen-bond acceptors (Lipinski definition) is 5. The highest BCUT2D eigenvalue weighted by Crippen LogP contribution is 2.23. The number of ketones is 1. The van der Waals surface area contributed by atoms with Crippen LogP contribution in [0.2, 0.25) is 0 Å². The Morgan fingerprint density at radius 3 is 2.11 bits per heavy atom. The number of para-hydroxylation sites is 2. The molecule has 4 rings (SSSR count). The average molecular weight is 456 g/mol. The number of pyridine rings is 1. The molecule has 2 aromatic heterocycles. The van der Waals surface area contributed by atoms with Crippen LogP contribution in [0.25, 0.3) is 21.8 Å². The van der Waals surface area contributed by atoms with Gasteiger partial charge in [-0.3, -0.25) is 14.4 Å². The average Bonchev–Trinajstić information content (AvgIpc) is 3.16. The summed E-state index contributed by atoms with van der Waals surface area (Å²) in [4.78, 5) is 37.8. The molecule has 0 amide bonds. The van der Waals surface area contributed by atoms with Crippen molar-refractivity contribution in [2.75, 3.05) is 6.61 Å². The number of benzene rings is 2. The molecular weight excluding hydrogens is 442 g/mol. The summed E-state index contributed by atoms with van der Waals surface area (Å²) in [6.07, 6.45) is 0. The molecule has 0 saturated carbocycles. The quantitative estimate of drug-likeness (QED) is 0.254. The van der Waals surface area contributed by atoms with Gasteiger partial charge in [0.15, 0.2) is 12.0 Å². The van der Waals surface area contributed by atoms with Gasteiger partial charge in [0.05, 0.1) is 19.7 Å². The molecule has 2 heterocycles. The second kappa shape index (κ2) is 7.69.